The second-order valence-electron chi connectivity index (χ2n) is 6.12. The fraction of sp³-hybridized carbons (Fsp3) is 0.222. The summed E-state index contributed by atoms with van der Waals surface area (Å²) in [4.78, 5) is 12.5. The van der Waals surface area contributed by atoms with Crippen LogP contribution < -0.4 is 11.1 Å². The Bertz CT molecular complexity index is 1000. The van der Waals surface area contributed by atoms with E-state index >= 15 is 0 Å². The second kappa shape index (κ2) is 8.30. The first-order valence-electron chi connectivity index (χ1n) is 8.22. The molecule has 0 saturated heterocycles. The number of benzene rings is 1. The van der Waals surface area contributed by atoms with E-state index in [2.05, 4.69) is 10.4 Å². The number of furan rings is 1. The molecule has 0 spiro atoms. The molecule has 0 fully saturated rings. The minimum atomic E-state index is -0.963. The topological polar surface area (TPSA) is 86.1 Å². The number of aromatic nitrogens is 2. The lowest BCUT2D eigenvalue weighted by atomic mass is 10.1. The molecule has 0 aliphatic carbocycles. The highest BCUT2D eigenvalue weighted by Gasteiger charge is 2.22. The Morgan fingerprint density at radius 1 is 1.32 bits per heavy atom. The average Bonchev–Trinajstić information content (AvgIpc) is 3.19. The first kappa shape index (κ1) is 20.3. The van der Waals surface area contributed by atoms with Crippen molar-refractivity contribution in [1.82, 2.24) is 15.1 Å². The lowest BCUT2D eigenvalue weighted by Gasteiger charge is -2.16. The van der Waals surface area contributed by atoms with Crippen molar-refractivity contribution in [3.63, 3.8) is 0 Å². The maximum absolute atomic E-state index is 13.4. The van der Waals surface area contributed by atoms with Crippen LogP contribution in [0.15, 0.2) is 34.9 Å². The Hall–Kier alpha value is -2.42. The minimum absolute atomic E-state index is 0.0134. The van der Waals surface area contributed by atoms with Gasteiger partial charge in [-0.05, 0) is 35.7 Å². The molecule has 3 rings (SSSR count). The van der Waals surface area contributed by atoms with Crippen molar-refractivity contribution in [1.29, 1.82) is 0 Å². The Balaban J connectivity index is 1.76. The minimum Gasteiger partial charge on any atom is -0.439 e. The predicted molar refractivity (Wildman–Crippen MR) is 101 cm³/mol. The fourth-order valence-corrected chi connectivity index (χ4v) is 3.25. The van der Waals surface area contributed by atoms with Crippen LogP contribution in [-0.2, 0) is 13.5 Å². The molecule has 0 radical (unpaired) electrons. The van der Waals surface area contributed by atoms with Gasteiger partial charge in [0.2, 0.25) is 5.22 Å². The van der Waals surface area contributed by atoms with Crippen molar-refractivity contribution in [2.75, 3.05) is 6.54 Å². The molecule has 3 N–H and O–H groups in total. The van der Waals surface area contributed by atoms with E-state index in [0.29, 0.717) is 21.8 Å². The van der Waals surface area contributed by atoms with Gasteiger partial charge in [-0.15, -0.1) is 0 Å². The van der Waals surface area contributed by atoms with Crippen LogP contribution in [0.5, 0.6) is 0 Å². The Kier molecular flexibility index (Phi) is 6.02. The molecule has 1 amide bonds. The highest BCUT2D eigenvalue weighted by molar-refractivity contribution is 6.35. The van der Waals surface area contributed by atoms with Crippen LogP contribution in [-0.4, -0.2) is 28.3 Å². The Labute approximate surface area is 169 Å². The van der Waals surface area contributed by atoms with Gasteiger partial charge in [0.05, 0.1) is 22.5 Å². The molecule has 1 aromatic carbocycles. The summed E-state index contributed by atoms with van der Waals surface area (Å²) < 4.78 is 33.3. The first-order valence-corrected chi connectivity index (χ1v) is 8.97. The van der Waals surface area contributed by atoms with Gasteiger partial charge in [-0.2, -0.15) is 5.10 Å². The van der Waals surface area contributed by atoms with Crippen molar-refractivity contribution in [3.8, 4) is 11.3 Å². The molecule has 0 bridgehead atoms. The van der Waals surface area contributed by atoms with Gasteiger partial charge in [0.15, 0.2) is 17.4 Å². The molecule has 10 heteroatoms. The average molecular weight is 429 g/mol. The summed E-state index contributed by atoms with van der Waals surface area (Å²) in [6.07, 6.45) is 1.67. The lowest BCUT2D eigenvalue weighted by Crippen LogP contribution is -2.41. The van der Waals surface area contributed by atoms with E-state index in [1.54, 1.807) is 7.05 Å². The molecule has 148 valence electrons. The molecule has 28 heavy (non-hydrogen) atoms. The van der Waals surface area contributed by atoms with E-state index in [0.717, 1.165) is 12.1 Å². The van der Waals surface area contributed by atoms with E-state index in [1.807, 2.05) is 0 Å². The summed E-state index contributed by atoms with van der Waals surface area (Å²) in [6.45, 7) is 0.0829. The van der Waals surface area contributed by atoms with Crippen molar-refractivity contribution < 1.29 is 18.0 Å². The van der Waals surface area contributed by atoms with Gasteiger partial charge < -0.3 is 15.5 Å². The zero-order valence-electron chi connectivity index (χ0n) is 14.7. The number of aryl methyl sites for hydroxylation is 1. The van der Waals surface area contributed by atoms with E-state index in [-0.39, 0.29) is 23.9 Å². The van der Waals surface area contributed by atoms with Crippen molar-refractivity contribution >= 4 is 29.1 Å². The van der Waals surface area contributed by atoms with Gasteiger partial charge in [0.1, 0.15) is 0 Å². The number of amides is 1. The zero-order valence-corrected chi connectivity index (χ0v) is 16.2. The Morgan fingerprint density at radius 2 is 2.07 bits per heavy atom. The van der Waals surface area contributed by atoms with Crippen LogP contribution in [0.1, 0.15) is 16.1 Å². The molecule has 6 nitrogen and oxygen atoms in total. The summed E-state index contributed by atoms with van der Waals surface area (Å²) in [5, 5.41) is 7.06. The maximum Gasteiger partial charge on any atom is 0.287 e. The molecular formula is C18H16Cl2F2N4O2. The van der Waals surface area contributed by atoms with Gasteiger partial charge in [0, 0.05) is 25.7 Å². The molecule has 2 heterocycles. The van der Waals surface area contributed by atoms with E-state index in [4.69, 9.17) is 33.4 Å². The number of hydrogen-bond acceptors (Lipinski definition) is 4. The van der Waals surface area contributed by atoms with Crippen LogP contribution in [0.25, 0.3) is 11.3 Å². The molecule has 0 saturated carbocycles. The number of nitrogens with one attached hydrogen (secondary N) is 1. The predicted octanol–water partition coefficient (Wildman–Crippen LogP) is 3.56. The first-order chi connectivity index (χ1) is 13.3. The maximum atomic E-state index is 13.4. The zero-order chi connectivity index (χ0) is 20.4. The van der Waals surface area contributed by atoms with Crippen LogP contribution in [0.4, 0.5) is 8.78 Å². The quantitative estimate of drug-likeness (QED) is 0.628. The molecule has 1 atom stereocenters. The van der Waals surface area contributed by atoms with Gasteiger partial charge in [0.25, 0.3) is 5.91 Å². The molecule has 0 aliphatic heterocycles. The number of rotatable bonds is 6. The SMILES string of the molecule is Cn1ncc(Cl)c1-c1cc(C(=O)N[C@H](CN)Cc2ccc(F)c(F)c2)oc1Cl. The second-order valence-corrected chi connectivity index (χ2v) is 6.87. The number of carbonyl (C=O) groups excluding carboxylic acids is 1. The summed E-state index contributed by atoms with van der Waals surface area (Å²) in [5.74, 6) is -2.50. The highest BCUT2D eigenvalue weighted by Crippen LogP contribution is 2.35. The largest absolute Gasteiger partial charge is 0.439 e. The van der Waals surface area contributed by atoms with E-state index in [9.17, 15) is 13.6 Å². The summed E-state index contributed by atoms with van der Waals surface area (Å²) >= 11 is 12.2. The number of hydrogen-bond donors (Lipinski definition) is 2. The third-order valence-electron chi connectivity index (χ3n) is 4.15. The van der Waals surface area contributed by atoms with Crippen LogP contribution >= 0.6 is 23.2 Å². The number of carbonyl (C=O) groups is 1. The third kappa shape index (κ3) is 4.19. The van der Waals surface area contributed by atoms with Crippen LogP contribution in [0.2, 0.25) is 10.2 Å². The van der Waals surface area contributed by atoms with Crippen molar-refractivity contribution in [2.24, 2.45) is 12.8 Å². The van der Waals surface area contributed by atoms with Crippen molar-refractivity contribution in [3.05, 3.63) is 63.7 Å². The molecular weight excluding hydrogens is 413 g/mol. The summed E-state index contributed by atoms with van der Waals surface area (Å²) in [7, 11) is 1.68. The van der Waals surface area contributed by atoms with Crippen LogP contribution in [0, 0.1) is 11.6 Å². The van der Waals surface area contributed by atoms with Gasteiger partial charge in [-0.25, -0.2) is 8.78 Å². The van der Waals surface area contributed by atoms with Gasteiger partial charge >= 0.3 is 0 Å². The lowest BCUT2D eigenvalue weighted by molar-refractivity contribution is 0.0910. The van der Waals surface area contributed by atoms with E-state index < -0.39 is 23.6 Å². The summed E-state index contributed by atoms with van der Waals surface area (Å²) in [6, 6.07) is 4.45. The third-order valence-corrected chi connectivity index (χ3v) is 4.70. The standard InChI is InChI=1S/C18H16Cl2F2N4O2/c1-26-16(12(19)8-24-26)11-6-15(28-17(11)20)18(27)25-10(7-23)4-9-2-3-13(21)14(22)5-9/h2-3,5-6,8,10H,4,7,23H2,1H3,(H,25,27)/t10-/m0/s1. The molecule has 2 aromatic heterocycles. The molecule has 0 aliphatic rings. The number of nitrogens with zero attached hydrogens (tertiary/aromatic N) is 2. The van der Waals surface area contributed by atoms with Gasteiger partial charge in [-0.3, -0.25) is 9.48 Å². The molecule has 3 aromatic rings. The monoisotopic (exact) mass is 428 g/mol. The number of nitrogens with two attached hydrogens (primary N) is 1. The molecule has 0 unspecified atom stereocenters. The van der Waals surface area contributed by atoms with Crippen molar-refractivity contribution in [2.45, 2.75) is 12.5 Å². The summed E-state index contributed by atoms with van der Waals surface area (Å²) in [5.41, 5.74) is 7.12. The number of halogens is 4. The Morgan fingerprint density at radius 3 is 2.68 bits per heavy atom. The van der Waals surface area contributed by atoms with E-state index in [1.165, 1.54) is 23.0 Å². The van der Waals surface area contributed by atoms with Crippen LogP contribution in [0.3, 0.4) is 0 Å². The normalized spacial score (nSPS) is 12.2. The highest BCUT2D eigenvalue weighted by atomic mass is 35.5. The fourth-order valence-electron chi connectivity index (χ4n) is 2.76. The van der Waals surface area contributed by atoms with Gasteiger partial charge in [-0.1, -0.05) is 17.7 Å². The smallest absolute Gasteiger partial charge is 0.287 e.